The summed E-state index contributed by atoms with van der Waals surface area (Å²) in [5, 5.41) is 4.52. The highest BCUT2D eigenvalue weighted by molar-refractivity contribution is 8.13. The molecule has 3 nitrogen and oxygen atoms in total. The molecule has 16 heavy (non-hydrogen) atoms. The van der Waals surface area contributed by atoms with Crippen LogP contribution in [0.5, 0.6) is 0 Å². The molecule has 0 radical (unpaired) electrons. The molecule has 5 heteroatoms. The zero-order valence-corrected chi connectivity index (χ0v) is 12.0. The first-order chi connectivity index (χ1) is 7.59. The van der Waals surface area contributed by atoms with Gasteiger partial charge in [0.05, 0.1) is 6.54 Å². The van der Waals surface area contributed by atoms with Gasteiger partial charge in [-0.15, -0.1) is 0 Å². The second kappa shape index (κ2) is 6.64. The summed E-state index contributed by atoms with van der Waals surface area (Å²) in [6, 6.07) is 0. The van der Waals surface area contributed by atoms with Crippen LogP contribution in [-0.4, -0.2) is 38.7 Å². The third-order valence-corrected chi connectivity index (χ3v) is 5.17. The SMILES string of the molecule is CCS(=O)CCN=C1NC(C)(CC)CCS1. The standard InChI is InChI=1S/C11H22N2OS2/c1-4-11(3)6-8-15-10(13-11)12-7-9-16(14)5-2/h4-9H2,1-3H3,(H,12,13). The summed E-state index contributed by atoms with van der Waals surface area (Å²) in [4.78, 5) is 4.49. The lowest BCUT2D eigenvalue weighted by Gasteiger charge is -2.35. The molecule has 0 saturated carbocycles. The molecule has 1 aliphatic rings. The summed E-state index contributed by atoms with van der Waals surface area (Å²) in [6.45, 7) is 7.07. The maximum Gasteiger partial charge on any atom is 0.156 e. The van der Waals surface area contributed by atoms with Gasteiger partial charge in [0.2, 0.25) is 0 Å². The number of nitrogens with one attached hydrogen (secondary N) is 1. The highest BCUT2D eigenvalue weighted by atomic mass is 32.2. The van der Waals surface area contributed by atoms with Crippen molar-refractivity contribution >= 4 is 27.7 Å². The van der Waals surface area contributed by atoms with E-state index in [2.05, 4.69) is 24.2 Å². The molecule has 1 rings (SSSR count). The Balaban J connectivity index is 2.41. The third kappa shape index (κ3) is 4.45. The zero-order chi connectivity index (χ0) is 12.0. The molecule has 0 amide bonds. The Morgan fingerprint density at radius 3 is 2.94 bits per heavy atom. The Morgan fingerprint density at radius 2 is 2.31 bits per heavy atom. The lowest BCUT2D eigenvalue weighted by atomic mass is 9.96. The van der Waals surface area contributed by atoms with Gasteiger partial charge in [-0.1, -0.05) is 25.6 Å². The molecule has 1 saturated heterocycles. The normalized spacial score (nSPS) is 30.1. The molecule has 0 bridgehead atoms. The largest absolute Gasteiger partial charge is 0.360 e. The topological polar surface area (TPSA) is 41.5 Å². The summed E-state index contributed by atoms with van der Waals surface area (Å²) in [7, 11) is -0.696. The summed E-state index contributed by atoms with van der Waals surface area (Å²) < 4.78 is 11.3. The van der Waals surface area contributed by atoms with Crippen molar-refractivity contribution < 1.29 is 4.21 Å². The summed E-state index contributed by atoms with van der Waals surface area (Å²) in [5.74, 6) is 2.55. The summed E-state index contributed by atoms with van der Waals surface area (Å²) in [6.07, 6.45) is 2.31. The van der Waals surface area contributed by atoms with Crippen molar-refractivity contribution in [1.82, 2.24) is 5.32 Å². The van der Waals surface area contributed by atoms with Gasteiger partial charge in [-0.3, -0.25) is 9.20 Å². The van der Waals surface area contributed by atoms with Crippen molar-refractivity contribution in [2.75, 3.05) is 23.8 Å². The number of thioether (sulfide) groups is 1. The second-order valence-electron chi connectivity index (χ2n) is 4.26. The lowest BCUT2D eigenvalue weighted by molar-refractivity contribution is 0.390. The van der Waals surface area contributed by atoms with Crippen molar-refractivity contribution in [2.45, 2.75) is 39.2 Å². The third-order valence-electron chi connectivity index (χ3n) is 2.98. The van der Waals surface area contributed by atoms with Crippen LogP contribution in [0.4, 0.5) is 0 Å². The number of hydrogen-bond donors (Lipinski definition) is 1. The van der Waals surface area contributed by atoms with E-state index in [9.17, 15) is 4.21 Å². The van der Waals surface area contributed by atoms with E-state index in [-0.39, 0.29) is 5.54 Å². The minimum absolute atomic E-state index is 0.202. The molecule has 0 aromatic heterocycles. The van der Waals surface area contributed by atoms with Gasteiger partial charge < -0.3 is 5.32 Å². The molecule has 94 valence electrons. The van der Waals surface area contributed by atoms with E-state index in [0.717, 1.165) is 23.1 Å². The van der Waals surface area contributed by atoms with Crippen LogP contribution in [0.3, 0.4) is 0 Å². The number of nitrogens with zero attached hydrogens (tertiary/aromatic N) is 1. The first-order valence-corrected chi connectivity index (χ1v) is 8.37. The van der Waals surface area contributed by atoms with Crippen LogP contribution >= 0.6 is 11.8 Å². The molecule has 0 aromatic carbocycles. The fourth-order valence-electron chi connectivity index (χ4n) is 1.47. The van der Waals surface area contributed by atoms with Gasteiger partial charge in [0, 0.05) is 33.6 Å². The van der Waals surface area contributed by atoms with Crippen LogP contribution < -0.4 is 5.32 Å². The van der Waals surface area contributed by atoms with Gasteiger partial charge in [-0.25, -0.2) is 0 Å². The highest BCUT2D eigenvalue weighted by Crippen LogP contribution is 2.24. The molecule has 0 aromatic rings. The fourth-order valence-corrected chi connectivity index (χ4v) is 3.30. The maximum absolute atomic E-state index is 11.3. The van der Waals surface area contributed by atoms with Crippen molar-refractivity contribution in [2.24, 2.45) is 4.99 Å². The van der Waals surface area contributed by atoms with E-state index in [4.69, 9.17) is 0 Å². The van der Waals surface area contributed by atoms with Crippen LogP contribution in [0, 0.1) is 0 Å². The van der Waals surface area contributed by atoms with Gasteiger partial charge in [-0.05, 0) is 19.8 Å². The smallest absolute Gasteiger partial charge is 0.156 e. The molecule has 1 aliphatic heterocycles. The van der Waals surface area contributed by atoms with Gasteiger partial charge in [0.1, 0.15) is 0 Å². The predicted octanol–water partition coefficient (Wildman–Crippen LogP) is 2.01. The predicted molar refractivity (Wildman–Crippen MR) is 74.8 cm³/mol. The van der Waals surface area contributed by atoms with Gasteiger partial charge in [0.15, 0.2) is 5.17 Å². The molecule has 0 aliphatic carbocycles. The Kier molecular flexibility index (Phi) is 5.83. The minimum atomic E-state index is -0.696. The van der Waals surface area contributed by atoms with Crippen molar-refractivity contribution in [1.29, 1.82) is 0 Å². The molecule has 0 spiro atoms. The van der Waals surface area contributed by atoms with E-state index in [0.29, 0.717) is 12.3 Å². The minimum Gasteiger partial charge on any atom is -0.360 e. The molecule has 1 N–H and O–H groups in total. The zero-order valence-electron chi connectivity index (χ0n) is 10.4. The molecule has 1 fully saturated rings. The average molecular weight is 262 g/mol. The van der Waals surface area contributed by atoms with Crippen molar-refractivity contribution in [3.05, 3.63) is 0 Å². The summed E-state index contributed by atoms with van der Waals surface area (Å²) in [5.41, 5.74) is 0.202. The molecule has 1 heterocycles. The fraction of sp³-hybridized carbons (Fsp3) is 0.909. The average Bonchev–Trinajstić information content (AvgIpc) is 2.29. The van der Waals surface area contributed by atoms with Crippen molar-refractivity contribution in [3.63, 3.8) is 0 Å². The quantitative estimate of drug-likeness (QED) is 0.824. The van der Waals surface area contributed by atoms with Crippen LogP contribution in [0.15, 0.2) is 4.99 Å². The summed E-state index contributed by atoms with van der Waals surface area (Å²) >= 11 is 1.78. The van der Waals surface area contributed by atoms with Gasteiger partial charge >= 0.3 is 0 Å². The van der Waals surface area contributed by atoms with E-state index in [1.165, 1.54) is 6.42 Å². The molecular weight excluding hydrogens is 240 g/mol. The van der Waals surface area contributed by atoms with Gasteiger partial charge in [-0.2, -0.15) is 0 Å². The van der Waals surface area contributed by atoms with Crippen LogP contribution in [0.25, 0.3) is 0 Å². The second-order valence-corrected chi connectivity index (χ2v) is 7.21. The Morgan fingerprint density at radius 1 is 1.56 bits per heavy atom. The van der Waals surface area contributed by atoms with E-state index in [1.807, 2.05) is 6.92 Å². The van der Waals surface area contributed by atoms with Crippen LogP contribution in [0.1, 0.15) is 33.6 Å². The van der Waals surface area contributed by atoms with Crippen LogP contribution in [0.2, 0.25) is 0 Å². The highest BCUT2D eigenvalue weighted by Gasteiger charge is 2.27. The maximum atomic E-state index is 11.3. The number of amidine groups is 1. The van der Waals surface area contributed by atoms with E-state index < -0.39 is 10.8 Å². The van der Waals surface area contributed by atoms with Crippen molar-refractivity contribution in [3.8, 4) is 0 Å². The monoisotopic (exact) mass is 262 g/mol. The van der Waals surface area contributed by atoms with E-state index in [1.54, 1.807) is 11.8 Å². The Hall–Kier alpha value is -0.0300. The molecule has 2 unspecified atom stereocenters. The van der Waals surface area contributed by atoms with Crippen LogP contribution in [-0.2, 0) is 10.8 Å². The molecule has 2 atom stereocenters. The number of hydrogen-bond acceptors (Lipinski definition) is 3. The number of aliphatic imine (C=N–C) groups is 1. The number of rotatable bonds is 5. The first kappa shape index (κ1) is 14.0. The Bertz CT molecular complexity index is 281. The lowest BCUT2D eigenvalue weighted by Crippen LogP contribution is -2.48. The first-order valence-electron chi connectivity index (χ1n) is 5.90. The van der Waals surface area contributed by atoms with Gasteiger partial charge in [0.25, 0.3) is 0 Å². The van der Waals surface area contributed by atoms with E-state index >= 15 is 0 Å². The molecular formula is C11H22N2OS2. The Labute approximate surface area is 105 Å².